The quantitative estimate of drug-likeness (QED) is 0.129. The first kappa shape index (κ1) is 31.9. The molecule has 1 nitrogen and oxygen atoms in total. The SMILES string of the molecule is c1cc(-c2c3ccccc3c(-c3ccc4c(c3)sc3ccccc34)c3ccccc23)cc(-c2cc3ccccc3c3c2oc2c4ccccc4c4ccccc4c23)c1. The summed E-state index contributed by atoms with van der Waals surface area (Å²) in [5.74, 6) is 0. The molecule has 0 spiro atoms. The van der Waals surface area contributed by atoms with E-state index in [1.54, 1.807) is 0 Å². The predicted molar refractivity (Wildman–Crippen MR) is 250 cm³/mol. The molecule has 58 heavy (non-hydrogen) atoms. The second-order valence-corrected chi connectivity index (χ2v) is 16.6. The van der Waals surface area contributed by atoms with Crippen LogP contribution in [0, 0.1) is 0 Å². The summed E-state index contributed by atoms with van der Waals surface area (Å²) in [6.45, 7) is 0. The summed E-state index contributed by atoms with van der Waals surface area (Å²) in [5, 5.41) is 17.2. The van der Waals surface area contributed by atoms with Crippen molar-refractivity contribution in [2.45, 2.75) is 0 Å². The van der Waals surface area contributed by atoms with E-state index in [0.29, 0.717) is 0 Å². The molecule has 13 rings (SSSR count). The Bertz CT molecular complexity index is 3810. The molecular formula is C56H32OS. The molecule has 0 saturated carbocycles. The third kappa shape index (κ3) is 4.46. The Morgan fingerprint density at radius 1 is 0.293 bits per heavy atom. The average Bonchev–Trinajstić information content (AvgIpc) is 3.88. The van der Waals surface area contributed by atoms with E-state index in [1.807, 2.05) is 11.3 Å². The Morgan fingerprint density at radius 3 is 1.50 bits per heavy atom. The molecule has 0 aliphatic heterocycles. The van der Waals surface area contributed by atoms with Gasteiger partial charge in [-0.2, -0.15) is 0 Å². The van der Waals surface area contributed by atoms with Gasteiger partial charge >= 0.3 is 0 Å². The van der Waals surface area contributed by atoms with Crippen molar-refractivity contribution in [3.63, 3.8) is 0 Å². The van der Waals surface area contributed by atoms with Crippen molar-refractivity contribution in [2.75, 3.05) is 0 Å². The zero-order valence-electron chi connectivity index (χ0n) is 31.3. The maximum atomic E-state index is 7.17. The van der Waals surface area contributed by atoms with Gasteiger partial charge in [0.1, 0.15) is 11.2 Å². The van der Waals surface area contributed by atoms with E-state index in [4.69, 9.17) is 4.42 Å². The van der Waals surface area contributed by atoms with Crippen LogP contribution in [0.5, 0.6) is 0 Å². The molecule has 0 bridgehead atoms. The first-order valence-electron chi connectivity index (χ1n) is 19.9. The van der Waals surface area contributed by atoms with E-state index in [1.165, 1.54) is 102 Å². The molecule has 0 atom stereocenters. The lowest BCUT2D eigenvalue weighted by Gasteiger charge is -2.18. The van der Waals surface area contributed by atoms with Gasteiger partial charge in [0.15, 0.2) is 0 Å². The van der Waals surface area contributed by atoms with Crippen LogP contribution >= 0.6 is 11.3 Å². The van der Waals surface area contributed by atoms with Crippen LogP contribution in [-0.4, -0.2) is 0 Å². The van der Waals surface area contributed by atoms with Crippen molar-refractivity contribution in [3.8, 4) is 33.4 Å². The molecule has 0 radical (unpaired) electrons. The Labute approximate surface area is 337 Å². The molecule has 0 fully saturated rings. The summed E-state index contributed by atoms with van der Waals surface area (Å²) in [6, 6.07) is 71.4. The fourth-order valence-electron chi connectivity index (χ4n) is 9.94. The van der Waals surface area contributed by atoms with Crippen LogP contribution in [0.4, 0.5) is 0 Å². The number of furan rings is 1. The predicted octanol–water partition coefficient (Wildman–Crippen LogP) is 16.7. The highest BCUT2D eigenvalue weighted by Crippen LogP contribution is 2.49. The third-order valence-electron chi connectivity index (χ3n) is 12.4. The zero-order chi connectivity index (χ0) is 37.9. The lowest BCUT2D eigenvalue weighted by molar-refractivity contribution is 0.674. The summed E-state index contributed by atoms with van der Waals surface area (Å²) in [6.07, 6.45) is 0. The van der Waals surface area contributed by atoms with Crippen LogP contribution in [0.3, 0.4) is 0 Å². The largest absolute Gasteiger partial charge is 0.455 e. The molecule has 2 aromatic heterocycles. The second-order valence-electron chi connectivity index (χ2n) is 15.5. The van der Waals surface area contributed by atoms with E-state index in [-0.39, 0.29) is 0 Å². The molecule has 2 heteroatoms. The lowest BCUT2D eigenvalue weighted by Crippen LogP contribution is -1.91. The van der Waals surface area contributed by atoms with Gasteiger partial charge in [-0.05, 0) is 101 Å². The summed E-state index contributed by atoms with van der Waals surface area (Å²) in [7, 11) is 0. The number of fused-ring (bicyclic) bond motifs is 15. The number of hydrogen-bond donors (Lipinski definition) is 0. The van der Waals surface area contributed by atoms with Crippen molar-refractivity contribution >= 4 is 107 Å². The van der Waals surface area contributed by atoms with Crippen LogP contribution in [-0.2, 0) is 0 Å². The number of hydrogen-bond acceptors (Lipinski definition) is 2. The standard InChI is InChI=1S/C56H32OS/c1-2-17-37-34(14-1)31-48(56-53(37)54-42-21-5-3-18-38(42)39-19-4-10-26-47(39)55(54)57-56)33-15-13-16-35(30-33)51-43-22-6-8-24-45(43)52(46-25-9-7-23-44(46)51)36-28-29-41-40-20-11-12-27-49(40)58-50(41)32-36/h1-32H. The highest BCUT2D eigenvalue weighted by atomic mass is 32.1. The van der Waals surface area contributed by atoms with Crippen molar-refractivity contribution in [1.29, 1.82) is 0 Å². The fourth-order valence-corrected chi connectivity index (χ4v) is 11.1. The molecule has 13 aromatic rings. The first-order valence-corrected chi connectivity index (χ1v) is 20.7. The Morgan fingerprint density at radius 2 is 0.793 bits per heavy atom. The van der Waals surface area contributed by atoms with Gasteiger partial charge in [0.2, 0.25) is 0 Å². The summed E-state index contributed by atoms with van der Waals surface area (Å²) in [4.78, 5) is 0. The minimum Gasteiger partial charge on any atom is -0.455 e. The summed E-state index contributed by atoms with van der Waals surface area (Å²) >= 11 is 1.88. The van der Waals surface area contributed by atoms with Crippen molar-refractivity contribution in [2.24, 2.45) is 0 Å². The van der Waals surface area contributed by atoms with E-state index >= 15 is 0 Å². The van der Waals surface area contributed by atoms with Crippen LogP contribution < -0.4 is 0 Å². The van der Waals surface area contributed by atoms with Crippen LogP contribution in [0.1, 0.15) is 0 Å². The van der Waals surface area contributed by atoms with Crippen molar-refractivity contribution in [1.82, 2.24) is 0 Å². The average molecular weight is 753 g/mol. The Kier molecular flexibility index (Phi) is 6.66. The zero-order valence-corrected chi connectivity index (χ0v) is 32.1. The van der Waals surface area contributed by atoms with Crippen LogP contribution in [0.2, 0.25) is 0 Å². The second kappa shape index (κ2) is 12.1. The third-order valence-corrected chi connectivity index (χ3v) is 13.5. The van der Waals surface area contributed by atoms with E-state index in [9.17, 15) is 0 Å². The fraction of sp³-hybridized carbons (Fsp3) is 0. The van der Waals surface area contributed by atoms with Gasteiger partial charge in [0, 0.05) is 41.9 Å². The lowest BCUT2D eigenvalue weighted by atomic mass is 9.85. The van der Waals surface area contributed by atoms with Gasteiger partial charge in [-0.25, -0.2) is 0 Å². The number of rotatable bonds is 3. The van der Waals surface area contributed by atoms with Gasteiger partial charge in [-0.1, -0.05) is 170 Å². The van der Waals surface area contributed by atoms with E-state index in [2.05, 4.69) is 194 Å². The molecule has 0 aliphatic carbocycles. The first-order chi connectivity index (χ1) is 28.8. The molecular weight excluding hydrogens is 721 g/mol. The van der Waals surface area contributed by atoms with Crippen molar-refractivity contribution < 1.29 is 4.42 Å². The highest BCUT2D eigenvalue weighted by molar-refractivity contribution is 7.25. The molecule has 0 amide bonds. The molecule has 2 heterocycles. The molecule has 11 aromatic carbocycles. The number of thiophene rings is 1. The van der Waals surface area contributed by atoms with Crippen molar-refractivity contribution in [3.05, 3.63) is 194 Å². The monoisotopic (exact) mass is 752 g/mol. The molecule has 0 N–H and O–H groups in total. The van der Waals surface area contributed by atoms with Gasteiger partial charge in [-0.3, -0.25) is 0 Å². The van der Waals surface area contributed by atoms with Gasteiger partial charge < -0.3 is 4.42 Å². The topological polar surface area (TPSA) is 13.1 Å². The molecule has 268 valence electrons. The maximum Gasteiger partial charge on any atom is 0.143 e. The molecule has 0 unspecified atom stereocenters. The maximum absolute atomic E-state index is 7.17. The van der Waals surface area contributed by atoms with Crippen LogP contribution in [0.15, 0.2) is 199 Å². The van der Waals surface area contributed by atoms with Gasteiger partial charge in [0.25, 0.3) is 0 Å². The summed E-state index contributed by atoms with van der Waals surface area (Å²) < 4.78 is 9.81. The molecule has 0 saturated heterocycles. The van der Waals surface area contributed by atoms with Crippen LogP contribution in [0.25, 0.3) is 129 Å². The minimum absolute atomic E-state index is 0.925. The summed E-state index contributed by atoms with van der Waals surface area (Å²) in [5.41, 5.74) is 9.06. The Hall–Kier alpha value is -7.26. The minimum atomic E-state index is 0.925. The van der Waals surface area contributed by atoms with Gasteiger partial charge in [-0.15, -0.1) is 11.3 Å². The molecule has 0 aliphatic rings. The number of benzene rings is 11. The Balaban J connectivity index is 1.08. The van der Waals surface area contributed by atoms with E-state index in [0.717, 1.165) is 27.7 Å². The smallest absolute Gasteiger partial charge is 0.143 e. The highest BCUT2D eigenvalue weighted by Gasteiger charge is 2.22. The normalized spacial score (nSPS) is 12.1. The van der Waals surface area contributed by atoms with E-state index < -0.39 is 0 Å². The van der Waals surface area contributed by atoms with Gasteiger partial charge in [0.05, 0.1) is 0 Å².